The van der Waals surface area contributed by atoms with Gasteiger partial charge in [-0.25, -0.2) is 12.8 Å². The van der Waals surface area contributed by atoms with Crippen LogP contribution in [0.5, 0.6) is 0 Å². The fraction of sp³-hybridized carbons (Fsp3) is 0.364. The van der Waals surface area contributed by atoms with Gasteiger partial charge in [0.1, 0.15) is 11.5 Å². The van der Waals surface area contributed by atoms with E-state index in [2.05, 4.69) is 20.0 Å². The molecule has 0 saturated carbocycles. The van der Waals surface area contributed by atoms with Crippen molar-refractivity contribution in [2.45, 2.75) is 61.9 Å². The van der Waals surface area contributed by atoms with E-state index < -0.39 is 34.1 Å². The van der Waals surface area contributed by atoms with Gasteiger partial charge in [-0.2, -0.15) is 0 Å². The minimum absolute atomic E-state index is 0.103. The number of nitro benzene ring substituents is 1. The Morgan fingerprint density at radius 3 is 2.16 bits per heavy atom. The highest BCUT2D eigenvalue weighted by Crippen LogP contribution is 2.56. The van der Waals surface area contributed by atoms with Crippen LogP contribution in [0.3, 0.4) is 0 Å². The molecule has 75 heavy (non-hydrogen) atoms. The van der Waals surface area contributed by atoms with E-state index in [0.717, 1.165) is 16.1 Å². The molecule has 1 aromatic heterocycles. The highest BCUT2D eigenvalue weighted by molar-refractivity contribution is 7.99. The van der Waals surface area contributed by atoms with E-state index in [0.29, 0.717) is 122 Å². The number of hydrogen-bond acceptors (Lipinski definition) is 12. The standard InChI is InChI=1S/C55H62ClFN7O8PS2/c1-37(2)63-38(3)54(75(4,70)71)52(53(63)39-10-12-42(56)13-11-39)41-32-43(57)34-47(33-41)61-28-26-60(27-29-61)45-14-16-46(17-15-45)62-30-31-72-73(62,69)48-18-19-50(51(35-48)64(67)68)58-44(36-74-49-8-6-5-7-9-49)22-25-59-23-20-40(21-24-59)55(65)66/h5-19,32-35,37,40,44,58H,20-31,36H2,1-4H3,(H,65,66)/t44-,73+/m1/s1. The smallest absolute Gasteiger partial charge is 0.326 e. The fourth-order valence-corrected chi connectivity index (χ4v) is 15.3. The third-order valence-electron chi connectivity index (χ3n) is 14.4. The van der Waals surface area contributed by atoms with Crippen molar-refractivity contribution in [1.82, 2.24) is 9.47 Å². The Labute approximate surface area is 447 Å². The zero-order valence-electron chi connectivity index (χ0n) is 42.4. The van der Waals surface area contributed by atoms with Crippen LogP contribution in [0.2, 0.25) is 5.02 Å². The number of sulfone groups is 1. The van der Waals surface area contributed by atoms with Gasteiger partial charge in [-0.3, -0.25) is 24.1 Å². The second-order valence-electron chi connectivity index (χ2n) is 19.7. The summed E-state index contributed by atoms with van der Waals surface area (Å²) in [5.41, 5.74) is 5.24. The summed E-state index contributed by atoms with van der Waals surface area (Å²) in [6.45, 7) is 10.6. The molecule has 15 nitrogen and oxygen atoms in total. The van der Waals surface area contributed by atoms with Crippen LogP contribution in [0.15, 0.2) is 125 Å². The number of carbonyl (C=O) groups is 1. The number of halogens is 2. The molecule has 5 aromatic carbocycles. The number of rotatable bonds is 18. The summed E-state index contributed by atoms with van der Waals surface area (Å²) in [5, 5.41) is 26.4. The van der Waals surface area contributed by atoms with Crippen LogP contribution >= 0.6 is 30.9 Å². The summed E-state index contributed by atoms with van der Waals surface area (Å²) in [5.74, 6) is -0.954. The third kappa shape index (κ3) is 11.9. The van der Waals surface area contributed by atoms with Gasteiger partial charge >= 0.3 is 13.5 Å². The molecule has 20 heteroatoms. The number of anilines is 4. The average molecular weight is 1100 g/mol. The maximum atomic E-state index is 15.8. The number of nitrogens with one attached hydrogen (secondary N) is 1. The van der Waals surface area contributed by atoms with E-state index in [4.69, 9.17) is 16.1 Å². The van der Waals surface area contributed by atoms with Crippen LogP contribution in [-0.4, -0.2) is 111 Å². The number of aliphatic carboxylic acids is 1. The van der Waals surface area contributed by atoms with Crippen LogP contribution in [0, 0.1) is 28.8 Å². The Balaban J connectivity index is 0.896. The van der Waals surface area contributed by atoms with Gasteiger partial charge in [0.25, 0.3) is 5.69 Å². The summed E-state index contributed by atoms with van der Waals surface area (Å²) < 4.78 is 67.5. The first-order valence-corrected chi connectivity index (χ1v) is 30.0. The summed E-state index contributed by atoms with van der Waals surface area (Å²) in [6, 6.07) is 33.9. The summed E-state index contributed by atoms with van der Waals surface area (Å²) in [6.07, 6.45) is 3.03. The van der Waals surface area contributed by atoms with Crippen LogP contribution in [0.4, 0.5) is 32.8 Å². The second-order valence-corrected chi connectivity index (χ2v) is 25.5. The highest BCUT2D eigenvalue weighted by atomic mass is 35.5. The lowest BCUT2D eigenvalue weighted by Crippen LogP contribution is -2.46. The molecule has 9 rings (SSSR count). The first kappa shape index (κ1) is 53.9. The van der Waals surface area contributed by atoms with Crippen LogP contribution < -0.4 is 25.1 Å². The number of aromatic nitrogens is 1. The van der Waals surface area contributed by atoms with E-state index in [1.54, 1.807) is 47.6 Å². The Morgan fingerprint density at radius 2 is 1.53 bits per heavy atom. The van der Waals surface area contributed by atoms with E-state index in [1.807, 2.05) is 91.2 Å². The maximum absolute atomic E-state index is 15.8. The van der Waals surface area contributed by atoms with Gasteiger partial charge in [0.2, 0.25) is 0 Å². The lowest BCUT2D eigenvalue weighted by atomic mass is 9.97. The Morgan fingerprint density at radius 1 is 0.880 bits per heavy atom. The number of hydrogen-bond donors (Lipinski definition) is 2. The molecule has 3 saturated heterocycles. The molecular formula is C55H62ClFN7O8PS2. The predicted octanol–water partition coefficient (Wildman–Crippen LogP) is 11.3. The number of benzene rings is 5. The van der Waals surface area contributed by atoms with Gasteiger partial charge in [-0.05, 0) is 143 Å². The number of piperidine rings is 1. The minimum Gasteiger partial charge on any atom is -0.481 e. The van der Waals surface area contributed by atoms with Gasteiger partial charge in [-0.15, -0.1) is 11.8 Å². The molecule has 396 valence electrons. The summed E-state index contributed by atoms with van der Waals surface area (Å²) in [7, 11) is -7.54. The van der Waals surface area contributed by atoms with E-state index in [9.17, 15) is 33.0 Å². The Bertz CT molecular complexity index is 3210. The first-order chi connectivity index (χ1) is 35.9. The van der Waals surface area contributed by atoms with Crippen molar-refractivity contribution in [2.75, 3.05) is 90.8 Å². The molecule has 0 unspecified atom stereocenters. The Hall–Kier alpha value is -5.88. The zero-order valence-corrected chi connectivity index (χ0v) is 45.7. The lowest BCUT2D eigenvalue weighted by Gasteiger charge is -2.37. The normalized spacial score (nSPS) is 18.2. The van der Waals surface area contributed by atoms with Crippen molar-refractivity contribution in [3.63, 3.8) is 0 Å². The topological polar surface area (TPSA) is 171 Å². The minimum atomic E-state index is -3.78. The highest BCUT2D eigenvalue weighted by Gasteiger charge is 2.41. The van der Waals surface area contributed by atoms with E-state index in [1.165, 1.54) is 24.5 Å². The fourth-order valence-electron chi connectivity index (χ4n) is 10.7. The quantitative estimate of drug-likeness (QED) is 0.0360. The molecule has 0 bridgehead atoms. The summed E-state index contributed by atoms with van der Waals surface area (Å²) >= 11 is 7.92. The van der Waals surface area contributed by atoms with Crippen molar-refractivity contribution in [1.29, 1.82) is 0 Å². The number of carboxylic acids is 1. The molecule has 4 heterocycles. The third-order valence-corrected chi connectivity index (χ3v) is 19.6. The molecule has 0 spiro atoms. The van der Waals surface area contributed by atoms with Gasteiger partial charge in [0.05, 0.1) is 39.9 Å². The first-order valence-electron chi connectivity index (χ1n) is 25.2. The van der Waals surface area contributed by atoms with Crippen LogP contribution in [0.25, 0.3) is 22.4 Å². The molecule has 0 aliphatic carbocycles. The van der Waals surface area contributed by atoms with Gasteiger partial charge in [0, 0.05) is 101 Å². The second kappa shape index (κ2) is 22.8. The predicted molar refractivity (Wildman–Crippen MR) is 299 cm³/mol. The van der Waals surface area contributed by atoms with Gasteiger partial charge in [-0.1, -0.05) is 41.9 Å². The number of nitrogens with zero attached hydrogens (tertiary/aromatic N) is 6. The molecule has 3 fully saturated rings. The number of likely N-dealkylation sites (tertiary alicyclic amines) is 1. The molecular weight excluding hydrogens is 1040 g/mol. The number of carboxylic acid groups (broad SMARTS) is 1. The molecule has 0 amide bonds. The van der Waals surface area contributed by atoms with Crippen LogP contribution in [0.1, 0.15) is 44.8 Å². The molecule has 3 aliphatic rings. The molecule has 3 aliphatic heterocycles. The molecule has 2 atom stereocenters. The van der Waals surface area contributed by atoms with Gasteiger partial charge in [0.15, 0.2) is 9.84 Å². The van der Waals surface area contributed by atoms with Crippen molar-refractivity contribution < 1.29 is 36.7 Å². The maximum Gasteiger partial charge on any atom is 0.326 e. The van der Waals surface area contributed by atoms with E-state index >= 15 is 4.39 Å². The zero-order chi connectivity index (χ0) is 53.2. The Kier molecular flexibility index (Phi) is 16.4. The molecule has 0 radical (unpaired) electrons. The van der Waals surface area contributed by atoms with Gasteiger partial charge < -0.3 is 34.2 Å². The van der Waals surface area contributed by atoms with Crippen LogP contribution in [-0.2, 0) is 23.7 Å². The SMILES string of the molecule is Cc1c(S(C)(=O)=O)c(-c2cc(F)cc(N3CCN(c4ccc(N5CCO[P@@]5(=O)c5ccc(N[C@H](CCN6CCC(C(=O)O)CC6)CSc6ccccc6)c([N+](=O)[O-])c5)cc4)CC3)c2)c(-c2ccc(Cl)cc2)n1C(C)C. The summed E-state index contributed by atoms with van der Waals surface area (Å²) in [4.78, 5) is 31.6. The van der Waals surface area contributed by atoms with Crippen molar-refractivity contribution in [3.8, 4) is 22.4 Å². The van der Waals surface area contributed by atoms with Crippen molar-refractivity contribution in [2.24, 2.45) is 5.92 Å². The molecule has 6 aromatic rings. The average Bonchev–Trinajstić information content (AvgIpc) is 3.98. The van der Waals surface area contributed by atoms with E-state index in [-0.39, 0.29) is 40.5 Å². The monoisotopic (exact) mass is 1100 g/mol. The largest absolute Gasteiger partial charge is 0.481 e. The molecule has 2 N–H and O–H groups in total. The van der Waals surface area contributed by atoms with Crippen molar-refractivity contribution in [3.05, 3.63) is 142 Å². The lowest BCUT2D eigenvalue weighted by molar-refractivity contribution is -0.383. The number of nitro groups is 1. The number of piperazine rings is 1. The van der Waals surface area contributed by atoms with Crippen molar-refractivity contribution >= 4 is 80.4 Å². The number of thioether (sulfide) groups is 1.